The van der Waals surface area contributed by atoms with Crippen LogP contribution in [0.15, 0.2) is 24.3 Å². The maximum absolute atomic E-state index is 3.12. The van der Waals surface area contributed by atoms with E-state index in [2.05, 4.69) is 52.2 Å². The first-order valence-corrected chi connectivity index (χ1v) is 4.30. The molecule has 1 nitrogen and oxygen atoms in total. The van der Waals surface area contributed by atoms with Crippen molar-refractivity contribution in [1.29, 1.82) is 0 Å². The first-order chi connectivity index (χ1) is 4.84. The van der Waals surface area contributed by atoms with Crippen molar-refractivity contribution in [2.24, 2.45) is 0 Å². The third-order valence-electron chi connectivity index (χ3n) is 1.33. The highest BCUT2D eigenvalue weighted by Gasteiger charge is 1.93. The van der Waals surface area contributed by atoms with Crippen LogP contribution in [-0.4, -0.2) is 7.05 Å². The molecule has 0 atom stereocenters. The van der Waals surface area contributed by atoms with Gasteiger partial charge in [-0.25, -0.2) is 0 Å². The van der Waals surface area contributed by atoms with E-state index in [0.29, 0.717) is 0 Å². The molecule has 1 rings (SSSR count). The average molecular weight is 284 g/mol. The van der Waals surface area contributed by atoms with Crippen molar-refractivity contribution in [2.45, 2.75) is 6.54 Å². The van der Waals surface area contributed by atoms with E-state index in [4.69, 9.17) is 0 Å². The van der Waals surface area contributed by atoms with Crippen molar-refractivity contribution in [3.8, 4) is 0 Å². The first-order valence-electron chi connectivity index (χ1n) is 3.22. The number of halogens is 2. The molecule has 1 N–H and O–H groups in total. The highest BCUT2D eigenvalue weighted by Crippen LogP contribution is 2.10. The van der Waals surface area contributed by atoms with Gasteiger partial charge in [0.05, 0.1) is 0 Å². The first kappa shape index (κ1) is 11.2. The number of rotatable bonds is 2. The minimum atomic E-state index is 0. The van der Waals surface area contributed by atoms with Crippen molar-refractivity contribution in [1.82, 2.24) is 5.32 Å². The molecule has 0 fully saturated rings. The van der Waals surface area contributed by atoms with Crippen LogP contribution in [0.25, 0.3) is 0 Å². The molecule has 0 bridgehead atoms. The van der Waals surface area contributed by atoms with Crippen LogP contribution in [0.4, 0.5) is 0 Å². The molecule has 0 aliphatic carbocycles. The number of hydrogen-bond donors (Lipinski definition) is 1. The molecule has 1 aromatic rings. The summed E-state index contributed by atoms with van der Waals surface area (Å²) in [6.07, 6.45) is 0. The largest absolute Gasteiger partial charge is 0.316 e. The second-order valence-corrected chi connectivity index (χ2v) is 3.28. The van der Waals surface area contributed by atoms with Crippen LogP contribution in [0, 0.1) is 3.57 Å². The highest BCUT2D eigenvalue weighted by atomic mass is 127. The van der Waals surface area contributed by atoms with Gasteiger partial charge in [-0.05, 0) is 41.3 Å². The highest BCUT2D eigenvalue weighted by molar-refractivity contribution is 14.1. The Morgan fingerprint density at radius 2 is 2.00 bits per heavy atom. The van der Waals surface area contributed by atoms with Crippen LogP contribution in [0.3, 0.4) is 0 Å². The van der Waals surface area contributed by atoms with Gasteiger partial charge in [0.15, 0.2) is 0 Å². The van der Waals surface area contributed by atoms with Crippen molar-refractivity contribution in [3.05, 3.63) is 33.4 Å². The number of benzene rings is 1. The summed E-state index contributed by atoms with van der Waals surface area (Å²) in [5.41, 5.74) is 1.37. The summed E-state index contributed by atoms with van der Waals surface area (Å²) in [5.74, 6) is 0. The summed E-state index contributed by atoms with van der Waals surface area (Å²) in [5, 5.41) is 3.12. The molecule has 0 aliphatic rings. The van der Waals surface area contributed by atoms with Gasteiger partial charge >= 0.3 is 0 Å². The summed E-state index contributed by atoms with van der Waals surface area (Å²) in [7, 11) is 1.96. The van der Waals surface area contributed by atoms with Crippen molar-refractivity contribution < 1.29 is 0 Å². The van der Waals surface area contributed by atoms with Crippen molar-refractivity contribution in [2.75, 3.05) is 7.05 Å². The third kappa shape index (κ3) is 3.40. The van der Waals surface area contributed by atoms with Crippen LogP contribution < -0.4 is 5.32 Å². The Balaban J connectivity index is 0.000001000. The molecule has 0 aromatic heterocycles. The molecule has 62 valence electrons. The lowest BCUT2D eigenvalue weighted by Gasteiger charge is -2.00. The minimum absolute atomic E-state index is 0. The molecule has 3 heteroatoms. The second-order valence-electron chi connectivity index (χ2n) is 2.12. The molecule has 0 spiro atoms. The van der Waals surface area contributed by atoms with E-state index in [1.54, 1.807) is 0 Å². The molecule has 0 radical (unpaired) electrons. The zero-order valence-electron chi connectivity index (χ0n) is 6.30. The van der Waals surface area contributed by atoms with E-state index >= 15 is 0 Å². The zero-order chi connectivity index (χ0) is 7.40. The average Bonchev–Trinajstić information content (AvgIpc) is 1.94. The van der Waals surface area contributed by atoms with Gasteiger partial charge < -0.3 is 5.32 Å². The minimum Gasteiger partial charge on any atom is -0.316 e. The molecule has 0 saturated carbocycles. The summed E-state index contributed by atoms with van der Waals surface area (Å²) in [6, 6.07) is 8.38. The maximum atomic E-state index is 3.12. The lowest BCUT2D eigenvalue weighted by Crippen LogP contribution is -2.05. The molecule has 1 aromatic carbocycles. The van der Waals surface area contributed by atoms with Crippen LogP contribution in [0.1, 0.15) is 5.56 Å². The Kier molecular flexibility index (Phi) is 5.91. The Morgan fingerprint density at radius 3 is 2.55 bits per heavy atom. The molecule has 0 amide bonds. The van der Waals surface area contributed by atoms with Crippen molar-refractivity contribution >= 4 is 35.0 Å². The second kappa shape index (κ2) is 5.80. The monoisotopic (exact) mass is 283 g/mol. The topological polar surface area (TPSA) is 12.0 Å². The van der Waals surface area contributed by atoms with Crippen LogP contribution >= 0.6 is 35.0 Å². The Morgan fingerprint density at radius 1 is 1.36 bits per heavy atom. The lowest BCUT2D eigenvalue weighted by molar-refractivity contribution is 0.814. The maximum Gasteiger partial charge on any atom is 0.0213 e. The third-order valence-corrected chi connectivity index (χ3v) is 2.38. The summed E-state index contributed by atoms with van der Waals surface area (Å²) < 4.78 is 1.33. The molecule has 0 saturated heterocycles. The van der Waals surface area contributed by atoms with E-state index in [1.807, 2.05) is 7.05 Å². The Labute approximate surface area is 87.1 Å². The fraction of sp³-hybridized carbons (Fsp3) is 0.250. The lowest BCUT2D eigenvalue weighted by atomic mass is 10.2. The predicted molar refractivity (Wildman–Crippen MR) is 59.2 cm³/mol. The summed E-state index contributed by atoms with van der Waals surface area (Å²) in [6.45, 7) is 0.957. The van der Waals surface area contributed by atoms with E-state index < -0.39 is 0 Å². The zero-order valence-corrected chi connectivity index (χ0v) is 9.28. The Bertz CT molecular complexity index is 215. The number of hydrogen-bond acceptors (Lipinski definition) is 1. The van der Waals surface area contributed by atoms with Gasteiger partial charge in [-0.2, -0.15) is 0 Å². The van der Waals surface area contributed by atoms with E-state index in [9.17, 15) is 0 Å². The van der Waals surface area contributed by atoms with Gasteiger partial charge in [0, 0.05) is 10.1 Å². The molecular weight excluding hydrogens is 272 g/mol. The van der Waals surface area contributed by atoms with E-state index in [1.165, 1.54) is 9.13 Å². The van der Waals surface area contributed by atoms with E-state index in [0.717, 1.165) is 6.54 Å². The smallest absolute Gasteiger partial charge is 0.0213 e. The summed E-state index contributed by atoms with van der Waals surface area (Å²) >= 11 is 2.34. The fourth-order valence-electron chi connectivity index (χ4n) is 0.832. The molecule has 11 heavy (non-hydrogen) atoms. The SMILES string of the molecule is CNCc1ccccc1I.Cl. The van der Waals surface area contributed by atoms with Gasteiger partial charge in [-0.1, -0.05) is 18.2 Å². The fourth-order valence-corrected chi connectivity index (χ4v) is 1.41. The van der Waals surface area contributed by atoms with Gasteiger partial charge in [0.2, 0.25) is 0 Å². The predicted octanol–water partition coefficient (Wildman–Crippen LogP) is 2.43. The van der Waals surface area contributed by atoms with Crippen LogP contribution in [-0.2, 0) is 6.54 Å². The van der Waals surface area contributed by atoms with Crippen molar-refractivity contribution in [3.63, 3.8) is 0 Å². The molecule has 0 aliphatic heterocycles. The Hall–Kier alpha value is 0.200. The molecule has 0 unspecified atom stereocenters. The van der Waals surface area contributed by atoms with Gasteiger partial charge in [-0.3, -0.25) is 0 Å². The van der Waals surface area contributed by atoms with E-state index in [-0.39, 0.29) is 12.4 Å². The summed E-state index contributed by atoms with van der Waals surface area (Å²) in [4.78, 5) is 0. The van der Waals surface area contributed by atoms with Gasteiger partial charge in [0.1, 0.15) is 0 Å². The van der Waals surface area contributed by atoms with Crippen LogP contribution in [0.5, 0.6) is 0 Å². The van der Waals surface area contributed by atoms with Gasteiger partial charge in [0.25, 0.3) is 0 Å². The standard InChI is InChI=1S/C8H10IN.ClH/c1-10-6-7-4-2-3-5-8(7)9;/h2-5,10H,6H2,1H3;1H. The number of nitrogens with one attached hydrogen (secondary N) is 1. The van der Waals surface area contributed by atoms with Gasteiger partial charge in [-0.15, -0.1) is 12.4 Å². The molecule has 0 heterocycles. The quantitative estimate of drug-likeness (QED) is 0.822. The molecular formula is C8H11ClIN. The normalized spacial score (nSPS) is 8.91. The van der Waals surface area contributed by atoms with Crippen LogP contribution in [0.2, 0.25) is 0 Å².